The molecule has 1 aliphatic rings. The van der Waals surface area contributed by atoms with Crippen LogP contribution in [0.1, 0.15) is 22.3 Å². The van der Waals surface area contributed by atoms with Gasteiger partial charge in [0.15, 0.2) is 0 Å². The maximum absolute atomic E-state index is 5.68. The van der Waals surface area contributed by atoms with Crippen molar-refractivity contribution in [2.24, 2.45) is 5.73 Å². The van der Waals surface area contributed by atoms with Gasteiger partial charge in [-0.3, -0.25) is 0 Å². The molecule has 0 aromatic heterocycles. The molecule has 0 saturated heterocycles. The van der Waals surface area contributed by atoms with Crippen LogP contribution in [0, 0.1) is 6.42 Å². The van der Waals surface area contributed by atoms with Crippen molar-refractivity contribution in [3.8, 4) is 0 Å². The molecule has 83 valence electrons. The van der Waals surface area contributed by atoms with Gasteiger partial charge in [-0.15, -0.1) is 0 Å². The van der Waals surface area contributed by atoms with Crippen LogP contribution < -0.4 is 5.73 Å². The molecule has 3 rings (SSSR count). The second-order valence-electron chi connectivity index (χ2n) is 4.24. The summed E-state index contributed by atoms with van der Waals surface area (Å²) in [5.41, 5.74) is 12.0. The van der Waals surface area contributed by atoms with Crippen LogP contribution in [0.25, 0.3) is 5.57 Å². The zero-order valence-corrected chi connectivity index (χ0v) is 9.56. The SMILES string of the molecule is NCc1cccc(C2=C[CH]c3ccccc32)c1. The van der Waals surface area contributed by atoms with E-state index in [9.17, 15) is 0 Å². The summed E-state index contributed by atoms with van der Waals surface area (Å²) in [6.45, 7) is 0.590. The molecule has 0 heterocycles. The van der Waals surface area contributed by atoms with Crippen LogP contribution >= 0.6 is 0 Å². The molecule has 2 aromatic rings. The molecular weight excluding hydrogens is 206 g/mol. The van der Waals surface area contributed by atoms with Crippen molar-refractivity contribution in [3.63, 3.8) is 0 Å². The summed E-state index contributed by atoms with van der Waals surface area (Å²) in [7, 11) is 0. The van der Waals surface area contributed by atoms with Crippen molar-refractivity contribution >= 4 is 5.57 Å². The molecule has 0 spiro atoms. The number of hydrogen-bond donors (Lipinski definition) is 1. The van der Waals surface area contributed by atoms with E-state index < -0.39 is 0 Å². The Morgan fingerprint density at radius 1 is 0.941 bits per heavy atom. The summed E-state index contributed by atoms with van der Waals surface area (Å²) in [6, 6.07) is 16.9. The average Bonchev–Trinajstić information content (AvgIpc) is 2.82. The number of nitrogens with two attached hydrogens (primary N) is 1. The second kappa shape index (κ2) is 4.19. The third kappa shape index (κ3) is 1.79. The van der Waals surface area contributed by atoms with Crippen molar-refractivity contribution < 1.29 is 0 Å². The fourth-order valence-corrected chi connectivity index (χ4v) is 2.27. The Morgan fingerprint density at radius 2 is 1.82 bits per heavy atom. The predicted molar refractivity (Wildman–Crippen MR) is 71.3 cm³/mol. The molecular formula is C16H14N. The van der Waals surface area contributed by atoms with Gasteiger partial charge in [-0.1, -0.05) is 48.5 Å². The third-order valence-electron chi connectivity index (χ3n) is 3.15. The van der Waals surface area contributed by atoms with Gasteiger partial charge in [0.1, 0.15) is 0 Å². The fourth-order valence-electron chi connectivity index (χ4n) is 2.27. The molecule has 1 heteroatoms. The van der Waals surface area contributed by atoms with Gasteiger partial charge in [0.25, 0.3) is 0 Å². The molecule has 0 bridgehead atoms. The topological polar surface area (TPSA) is 26.0 Å². The average molecular weight is 220 g/mol. The van der Waals surface area contributed by atoms with E-state index in [1.54, 1.807) is 0 Å². The summed E-state index contributed by atoms with van der Waals surface area (Å²) in [5.74, 6) is 0. The van der Waals surface area contributed by atoms with Gasteiger partial charge in [-0.2, -0.15) is 0 Å². The van der Waals surface area contributed by atoms with Crippen molar-refractivity contribution in [2.75, 3.05) is 0 Å². The van der Waals surface area contributed by atoms with Gasteiger partial charge in [0.05, 0.1) is 0 Å². The number of fused-ring (bicyclic) bond motifs is 1. The summed E-state index contributed by atoms with van der Waals surface area (Å²) >= 11 is 0. The Hall–Kier alpha value is -1.86. The van der Waals surface area contributed by atoms with E-state index in [-0.39, 0.29) is 0 Å². The smallest absolute Gasteiger partial charge is 0.0178 e. The molecule has 17 heavy (non-hydrogen) atoms. The molecule has 0 aliphatic heterocycles. The van der Waals surface area contributed by atoms with Crippen LogP contribution in [0.5, 0.6) is 0 Å². The minimum atomic E-state index is 0.590. The first-order valence-corrected chi connectivity index (χ1v) is 5.82. The summed E-state index contributed by atoms with van der Waals surface area (Å²) in [4.78, 5) is 0. The highest BCUT2D eigenvalue weighted by molar-refractivity contribution is 5.87. The standard InChI is InChI=1S/C16H14N/c17-11-12-4-3-6-14(10-12)16-9-8-13-5-1-2-7-15(13)16/h1-10H,11,17H2. The van der Waals surface area contributed by atoms with E-state index >= 15 is 0 Å². The molecule has 1 aliphatic carbocycles. The highest BCUT2D eigenvalue weighted by Crippen LogP contribution is 2.33. The highest BCUT2D eigenvalue weighted by Gasteiger charge is 2.14. The molecule has 1 nitrogen and oxygen atoms in total. The van der Waals surface area contributed by atoms with Gasteiger partial charge in [-0.05, 0) is 33.9 Å². The van der Waals surface area contributed by atoms with Gasteiger partial charge in [0, 0.05) is 13.0 Å². The maximum atomic E-state index is 5.68. The molecule has 0 saturated carbocycles. The van der Waals surface area contributed by atoms with E-state index in [4.69, 9.17) is 5.73 Å². The van der Waals surface area contributed by atoms with Crippen LogP contribution in [-0.4, -0.2) is 0 Å². The van der Waals surface area contributed by atoms with E-state index in [0.29, 0.717) is 6.54 Å². The van der Waals surface area contributed by atoms with Gasteiger partial charge in [0.2, 0.25) is 0 Å². The monoisotopic (exact) mass is 220 g/mol. The zero-order chi connectivity index (χ0) is 11.7. The first kappa shape index (κ1) is 10.3. The number of allylic oxidation sites excluding steroid dienone is 1. The molecule has 0 unspecified atom stereocenters. The van der Waals surface area contributed by atoms with Crippen molar-refractivity contribution in [1.29, 1.82) is 0 Å². The van der Waals surface area contributed by atoms with Crippen LogP contribution in [0.15, 0.2) is 54.6 Å². The fraction of sp³-hybridized carbons (Fsp3) is 0.0625. The quantitative estimate of drug-likeness (QED) is 0.826. The largest absolute Gasteiger partial charge is 0.326 e. The predicted octanol–water partition coefficient (Wildman–Crippen LogP) is 3.14. The summed E-state index contributed by atoms with van der Waals surface area (Å²) in [6.07, 6.45) is 4.35. The van der Waals surface area contributed by atoms with Crippen LogP contribution in [0.2, 0.25) is 0 Å². The van der Waals surface area contributed by atoms with E-state index in [0.717, 1.165) is 0 Å². The first-order chi connectivity index (χ1) is 8.38. The second-order valence-corrected chi connectivity index (χ2v) is 4.24. The Bertz CT molecular complexity index is 582. The minimum Gasteiger partial charge on any atom is -0.326 e. The van der Waals surface area contributed by atoms with Crippen LogP contribution in [-0.2, 0) is 6.54 Å². The molecule has 2 aromatic carbocycles. The van der Waals surface area contributed by atoms with Crippen LogP contribution in [0.3, 0.4) is 0 Å². The van der Waals surface area contributed by atoms with E-state index in [1.165, 1.54) is 27.8 Å². The van der Waals surface area contributed by atoms with Crippen molar-refractivity contribution in [1.82, 2.24) is 0 Å². The number of hydrogen-bond acceptors (Lipinski definition) is 1. The highest BCUT2D eigenvalue weighted by atomic mass is 14.5. The Balaban J connectivity index is 2.06. The normalized spacial score (nSPS) is 13.4. The summed E-state index contributed by atoms with van der Waals surface area (Å²) < 4.78 is 0. The van der Waals surface area contributed by atoms with Gasteiger partial charge >= 0.3 is 0 Å². The molecule has 0 amide bonds. The minimum absolute atomic E-state index is 0.590. The van der Waals surface area contributed by atoms with Gasteiger partial charge < -0.3 is 5.73 Å². The Kier molecular flexibility index (Phi) is 2.54. The summed E-state index contributed by atoms with van der Waals surface area (Å²) in [5, 5.41) is 0. The molecule has 0 atom stereocenters. The number of benzene rings is 2. The number of rotatable bonds is 2. The Labute approximate surface area is 102 Å². The third-order valence-corrected chi connectivity index (χ3v) is 3.15. The van der Waals surface area contributed by atoms with Crippen molar-refractivity contribution in [2.45, 2.75) is 6.54 Å². The first-order valence-electron chi connectivity index (χ1n) is 5.82. The van der Waals surface area contributed by atoms with Crippen molar-refractivity contribution in [3.05, 3.63) is 83.3 Å². The van der Waals surface area contributed by atoms with Crippen LogP contribution in [0.4, 0.5) is 0 Å². The zero-order valence-electron chi connectivity index (χ0n) is 9.56. The lowest BCUT2D eigenvalue weighted by molar-refractivity contribution is 1.07. The molecule has 2 N–H and O–H groups in total. The maximum Gasteiger partial charge on any atom is 0.0178 e. The van der Waals surface area contributed by atoms with E-state index in [2.05, 4.69) is 61.0 Å². The Morgan fingerprint density at radius 3 is 2.71 bits per heavy atom. The van der Waals surface area contributed by atoms with E-state index in [1.807, 2.05) is 0 Å². The van der Waals surface area contributed by atoms with Gasteiger partial charge in [-0.25, -0.2) is 0 Å². The lowest BCUT2D eigenvalue weighted by Crippen LogP contribution is -1.97. The lowest BCUT2D eigenvalue weighted by atomic mass is 9.98. The lowest BCUT2D eigenvalue weighted by Gasteiger charge is -2.07. The molecule has 0 fully saturated rings. The molecule has 1 radical (unpaired) electrons.